The van der Waals surface area contributed by atoms with Crippen molar-refractivity contribution in [2.45, 2.75) is 37.6 Å². The van der Waals surface area contributed by atoms with Crippen LogP contribution in [0.25, 0.3) is 10.9 Å². The molecule has 0 radical (unpaired) electrons. The molecule has 0 bridgehead atoms. The summed E-state index contributed by atoms with van der Waals surface area (Å²) < 4.78 is 0. The molecular formula is C14H17ClN2. The van der Waals surface area contributed by atoms with E-state index in [2.05, 4.69) is 23.2 Å². The number of aromatic nitrogens is 1. The molecule has 1 aliphatic rings. The minimum Gasteiger partial charge on any atom is -0.360 e. The third kappa shape index (κ3) is 1.76. The molecule has 2 aromatic rings. The van der Waals surface area contributed by atoms with E-state index in [0.29, 0.717) is 0 Å². The van der Waals surface area contributed by atoms with Crippen molar-refractivity contribution in [2.24, 2.45) is 5.73 Å². The molecule has 90 valence electrons. The van der Waals surface area contributed by atoms with Gasteiger partial charge in [0, 0.05) is 22.6 Å². The Hall–Kier alpha value is -0.990. The highest BCUT2D eigenvalue weighted by molar-refractivity contribution is 6.35. The summed E-state index contributed by atoms with van der Waals surface area (Å²) in [5.41, 5.74) is 8.71. The Balaban J connectivity index is 2.18. The van der Waals surface area contributed by atoms with Crippen molar-refractivity contribution in [3.63, 3.8) is 0 Å². The third-order valence-electron chi connectivity index (χ3n) is 3.94. The Labute approximate surface area is 106 Å². The molecule has 1 aliphatic carbocycles. The van der Waals surface area contributed by atoms with Crippen molar-refractivity contribution in [1.82, 2.24) is 4.98 Å². The first-order valence-corrected chi connectivity index (χ1v) is 6.63. The van der Waals surface area contributed by atoms with Gasteiger partial charge in [-0.05, 0) is 24.5 Å². The Kier molecular flexibility index (Phi) is 2.64. The average Bonchev–Trinajstić information content (AvgIpc) is 2.72. The molecule has 3 heteroatoms. The van der Waals surface area contributed by atoms with Crippen LogP contribution < -0.4 is 5.73 Å². The SMILES string of the molecule is NC1(c2cccc3[nH]cc(Cl)c23)CCCCC1. The highest BCUT2D eigenvalue weighted by atomic mass is 35.5. The van der Waals surface area contributed by atoms with E-state index in [1.165, 1.54) is 24.8 Å². The zero-order valence-electron chi connectivity index (χ0n) is 9.80. The van der Waals surface area contributed by atoms with Gasteiger partial charge in [-0.15, -0.1) is 0 Å². The quantitative estimate of drug-likeness (QED) is 0.789. The summed E-state index contributed by atoms with van der Waals surface area (Å²) in [5.74, 6) is 0. The van der Waals surface area contributed by atoms with Crippen LogP contribution in [0, 0.1) is 0 Å². The number of benzene rings is 1. The normalized spacial score (nSPS) is 19.6. The maximum absolute atomic E-state index is 6.60. The lowest BCUT2D eigenvalue weighted by Gasteiger charge is -2.34. The van der Waals surface area contributed by atoms with E-state index in [1.54, 1.807) is 0 Å². The van der Waals surface area contributed by atoms with Crippen LogP contribution in [-0.4, -0.2) is 4.98 Å². The van der Waals surface area contributed by atoms with E-state index in [4.69, 9.17) is 17.3 Å². The van der Waals surface area contributed by atoms with Crippen molar-refractivity contribution in [3.05, 3.63) is 35.0 Å². The number of hydrogen-bond acceptors (Lipinski definition) is 1. The molecule has 2 nitrogen and oxygen atoms in total. The van der Waals surface area contributed by atoms with Crippen LogP contribution in [0.3, 0.4) is 0 Å². The summed E-state index contributed by atoms with van der Waals surface area (Å²) in [6.07, 6.45) is 7.71. The Morgan fingerprint density at radius 2 is 1.94 bits per heavy atom. The number of nitrogens with one attached hydrogen (secondary N) is 1. The fourth-order valence-corrected chi connectivity index (χ4v) is 3.27. The first-order valence-electron chi connectivity index (χ1n) is 6.26. The largest absolute Gasteiger partial charge is 0.360 e. The molecule has 17 heavy (non-hydrogen) atoms. The maximum Gasteiger partial charge on any atom is 0.0662 e. The summed E-state index contributed by atoms with van der Waals surface area (Å²) in [6.45, 7) is 0. The minimum absolute atomic E-state index is 0.191. The van der Waals surface area contributed by atoms with Gasteiger partial charge in [0.25, 0.3) is 0 Å². The van der Waals surface area contributed by atoms with E-state index < -0.39 is 0 Å². The molecule has 0 saturated heterocycles. The van der Waals surface area contributed by atoms with E-state index in [-0.39, 0.29) is 5.54 Å². The fourth-order valence-electron chi connectivity index (χ4n) is 3.01. The van der Waals surface area contributed by atoms with Crippen LogP contribution in [0.15, 0.2) is 24.4 Å². The summed E-state index contributed by atoms with van der Waals surface area (Å²) >= 11 is 6.27. The van der Waals surface area contributed by atoms with E-state index in [9.17, 15) is 0 Å². The second-order valence-electron chi connectivity index (χ2n) is 5.08. The van der Waals surface area contributed by atoms with Gasteiger partial charge in [0.15, 0.2) is 0 Å². The third-order valence-corrected chi connectivity index (χ3v) is 4.24. The summed E-state index contributed by atoms with van der Waals surface area (Å²) in [6, 6.07) is 6.25. The van der Waals surface area contributed by atoms with Gasteiger partial charge in [-0.2, -0.15) is 0 Å². The molecule has 3 N–H and O–H groups in total. The standard InChI is InChI=1S/C14H17ClN2/c15-11-9-17-12-6-4-5-10(13(11)12)14(16)7-2-1-3-8-14/h4-6,9,17H,1-3,7-8,16H2. The van der Waals surface area contributed by atoms with Crippen molar-refractivity contribution >= 4 is 22.5 Å². The maximum atomic E-state index is 6.60. The fraction of sp³-hybridized carbons (Fsp3) is 0.429. The minimum atomic E-state index is -0.191. The van der Waals surface area contributed by atoms with Crippen molar-refractivity contribution in [3.8, 4) is 0 Å². The van der Waals surface area contributed by atoms with E-state index in [0.717, 1.165) is 28.8 Å². The Bertz CT molecular complexity index is 538. The molecule has 1 heterocycles. The Morgan fingerprint density at radius 3 is 2.71 bits per heavy atom. The zero-order valence-corrected chi connectivity index (χ0v) is 10.6. The molecule has 1 aromatic heterocycles. The molecule has 3 rings (SSSR count). The summed E-state index contributed by atoms with van der Waals surface area (Å²) in [7, 11) is 0. The van der Waals surface area contributed by atoms with Gasteiger partial charge >= 0.3 is 0 Å². The van der Waals surface area contributed by atoms with Gasteiger partial charge in [-0.3, -0.25) is 0 Å². The molecule has 1 aromatic carbocycles. The molecule has 0 spiro atoms. The van der Waals surface area contributed by atoms with Gasteiger partial charge in [0.1, 0.15) is 0 Å². The number of hydrogen-bond donors (Lipinski definition) is 2. The second-order valence-corrected chi connectivity index (χ2v) is 5.49. The lowest BCUT2D eigenvalue weighted by atomic mass is 9.76. The highest BCUT2D eigenvalue weighted by Gasteiger charge is 2.31. The monoisotopic (exact) mass is 248 g/mol. The van der Waals surface area contributed by atoms with Gasteiger partial charge in [0.2, 0.25) is 0 Å². The van der Waals surface area contributed by atoms with Crippen molar-refractivity contribution < 1.29 is 0 Å². The molecule has 0 atom stereocenters. The van der Waals surface area contributed by atoms with Crippen LogP contribution >= 0.6 is 11.6 Å². The smallest absolute Gasteiger partial charge is 0.0662 e. The van der Waals surface area contributed by atoms with Crippen LogP contribution in [0.4, 0.5) is 0 Å². The number of rotatable bonds is 1. The molecule has 0 aliphatic heterocycles. The topological polar surface area (TPSA) is 41.8 Å². The zero-order chi connectivity index (χ0) is 11.9. The lowest BCUT2D eigenvalue weighted by Crippen LogP contribution is -2.38. The second kappa shape index (κ2) is 4.04. The van der Waals surface area contributed by atoms with Gasteiger partial charge in [-0.1, -0.05) is 43.0 Å². The number of nitrogens with two attached hydrogens (primary N) is 1. The molecule has 1 saturated carbocycles. The van der Waals surface area contributed by atoms with Crippen LogP contribution in [-0.2, 0) is 5.54 Å². The summed E-state index contributed by atoms with van der Waals surface area (Å²) in [4.78, 5) is 3.20. The van der Waals surface area contributed by atoms with Crippen molar-refractivity contribution in [1.29, 1.82) is 0 Å². The average molecular weight is 249 g/mol. The lowest BCUT2D eigenvalue weighted by molar-refractivity contribution is 0.304. The van der Waals surface area contributed by atoms with Crippen LogP contribution in [0.5, 0.6) is 0 Å². The number of aromatic amines is 1. The van der Waals surface area contributed by atoms with Crippen LogP contribution in [0.2, 0.25) is 5.02 Å². The van der Waals surface area contributed by atoms with E-state index >= 15 is 0 Å². The van der Waals surface area contributed by atoms with Crippen molar-refractivity contribution in [2.75, 3.05) is 0 Å². The molecule has 1 fully saturated rings. The summed E-state index contributed by atoms with van der Waals surface area (Å²) in [5, 5.41) is 1.89. The molecule has 0 amide bonds. The predicted octanol–water partition coefficient (Wildman–Crippen LogP) is 3.94. The van der Waals surface area contributed by atoms with Gasteiger partial charge in [-0.25, -0.2) is 0 Å². The van der Waals surface area contributed by atoms with Gasteiger partial charge in [0.05, 0.1) is 5.02 Å². The molecule has 0 unspecified atom stereocenters. The predicted molar refractivity (Wildman–Crippen MR) is 72.3 cm³/mol. The van der Waals surface area contributed by atoms with Crippen LogP contribution in [0.1, 0.15) is 37.7 Å². The first kappa shape index (κ1) is 11.1. The molecular weight excluding hydrogens is 232 g/mol. The number of halogens is 1. The number of fused-ring (bicyclic) bond motifs is 1. The van der Waals surface area contributed by atoms with E-state index in [1.807, 2.05) is 6.20 Å². The highest BCUT2D eigenvalue weighted by Crippen LogP contribution is 2.40. The van der Waals surface area contributed by atoms with Gasteiger partial charge < -0.3 is 10.7 Å². The Morgan fingerprint density at radius 1 is 1.18 bits per heavy atom. The number of H-pyrrole nitrogens is 1. The first-order chi connectivity index (χ1) is 8.21.